The first-order valence-electron chi connectivity index (χ1n) is 8.78. The minimum atomic E-state index is -3.82. The van der Waals surface area contributed by atoms with Crippen molar-refractivity contribution >= 4 is 33.5 Å². The van der Waals surface area contributed by atoms with Crippen molar-refractivity contribution in [3.05, 3.63) is 42.2 Å². The average Bonchev–Trinajstić information content (AvgIpc) is 3.01. The van der Waals surface area contributed by atoms with Crippen LogP contribution >= 0.6 is 0 Å². The monoisotopic (exact) mass is 419 g/mol. The number of nitrogens with two attached hydrogens (primary N) is 1. The zero-order chi connectivity index (χ0) is 21.2. The fraction of sp³-hybridized carbons (Fsp3) is 0.333. The lowest BCUT2D eigenvalue weighted by Crippen LogP contribution is -2.39. The highest BCUT2D eigenvalue weighted by Gasteiger charge is 2.32. The Bertz CT molecular complexity index is 1030. The SMILES string of the molecule is CC1Cc2cc(S(N)(=O)=O)ccc2N1C(=O)COC(=O)CN(C)c1ncccn1. The van der Waals surface area contributed by atoms with Crippen LogP contribution in [0.1, 0.15) is 12.5 Å². The highest BCUT2D eigenvalue weighted by Crippen LogP contribution is 2.33. The van der Waals surface area contributed by atoms with Gasteiger partial charge in [-0.05, 0) is 43.2 Å². The molecule has 1 aromatic carbocycles. The van der Waals surface area contributed by atoms with Gasteiger partial charge in [0.15, 0.2) is 6.61 Å². The topological polar surface area (TPSA) is 136 Å². The Labute approximate surface area is 168 Å². The molecular weight excluding hydrogens is 398 g/mol. The third kappa shape index (κ3) is 4.69. The minimum absolute atomic E-state index is 0.00431. The van der Waals surface area contributed by atoms with Gasteiger partial charge in [0.05, 0.1) is 4.90 Å². The summed E-state index contributed by atoms with van der Waals surface area (Å²) < 4.78 is 28.2. The Morgan fingerprint density at radius 2 is 2.00 bits per heavy atom. The second kappa shape index (κ2) is 8.13. The van der Waals surface area contributed by atoms with Crippen LogP contribution in [0.3, 0.4) is 0 Å². The van der Waals surface area contributed by atoms with Crippen LogP contribution in [0.2, 0.25) is 0 Å². The van der Waals surface area contributed by atoms with Crippen molar-refractivity contribution in [1.29, 1.82) is 0 Å². The van der Waals surface area contributed by atoms with Crippen LogP contribution in [-0.2, 0) is 30.8 Å². The van der Waals surface area contributed by atoms with Crippen LogP contribution in [0.4, 0.5) is 11.6 Å². The number of likely N-dealkylation sites (N-methyl/N-ethyl adjacent to an activating group) is 1. The average molecular weight is 419 g/mol. The number of hydrogen-bond acceptors (Lipinski definition) is 8. The summed E-state index contributed by atoms with van der Waals surface area (Å²) in [5, 5.41) is 5.16. The summed E-state index contributed by atoms with van der Waals surface area (Å²) in [6, 6.07) is 5.82. The van der Waals surface area contributed by atoms with E-state index in [2.05, 4.69) is 9.97 Å². The van der Waals surface area contributed by atoms with Crippen LogP contribution in [0.5, 0.6) is 0 Å². The smallest absolute Gasteiger partial charge is 0.326 e. The molecule has 2 heterocycles. The van der Waals surface area contributed by atoms with Gasteiger partial charge in [0.2, 0.25) is 16.0 Å². The van der Waals surface area contributed by atoms with Crippen LogP contribution in [0.15, 0.2) is 41.6 Å². The molecule has 10 nitrogen and oxygen atoms in total. The molecule has 2 N–H and O–H groups in total. The fourth-order valence-electron chi connectivity index (χ4n) is 3.17. The zero-order valence-corrected chi connectivity index (χ0v) is 16.8. The maximum atomic E-state index is 12.6. The van der Waals surface area contributed by atoms with E-state index >= 15 is 0 Å². The Morgan fingerprint density at radius 3 is 2.66 bits per heavy atom. The molecule has 0 radical (unpaired) electrons. The first-order chi connectivity index (χ1) is 13.7. The maximum Gasteiger partial charge on any atom is 0.326 e. The van der Waals surface area contributed by atoms with Gasteiger partial charge in [-0.3, -0.25) is 9.59 Å². The zero-order valence-electron chi connectivity index (χ0n) is 16.0. The third-order valence-electron chi connectivity index (χ3n) is 4.48. The standard InChI is InChI=1S/C18H21N5O5S/c1-12-8-13-9-14(29(19,26)27)4-5-15(13)23(12)16(24)11-28-17(25)10-22(2)18-20-6-3-7-21-18/h3-7,9,12H,8,10-11H2,1-2H3,(H2,19,26,27). The number of primary sulfonamides is 1. The molecule has 1 amide bonds. The van der Waals surface area contributed by atoms with Gasteiger partial charge in [-0.1, -0.05) is 0 Å². The van der Waals surface area contributed by atoms with Gasteiger partial charge in [-0.15, -0.1) is 0 Å². The number of carbonyl (C=O) groups excluding carboxylic acids is 2. The van der Waals surface area contributed by atoms with Crippen LogP contribution < -0.4 is 14.9 Å². The molecular formula is C18H21N5O5S. The van der Waals surface area contributed by atoms with Crippen molar-refractivity contribution in [2.45, 2.75) is 24.3 Å². The minimum Gasteiger partial charge on any atom is -0.454 e. The molecule has 3 rings (SSSR count). The van der Waals surface area contributed by atoms with Crippen molar-refractivity contribution in [3.63, 3.8) is 0 Å². The van der Waals surface area contributed by atoms with E-state index in [4.69, 9.17) is 9.88 Å². The van der Waals surface area contributed by atoms with Crippen LogP contribution in [0, 0.1) is 0 Å². The number of carbonyl (C=O) groups is 2. The van der Waals surface area contributed by atoms with E-state index in [1.165, 1.54) is 21.9 Å². The Hall–Kier alpha value is -3.05. The van der Waals surface area contributed by atoms with Crippen LogP contribution in [-0.4, -0.2) is 56.5 Å². The van der Waals surface area contributed by atoms with Gasteiger partial charge in [-0.25, -0.2) is 23.5 Å². The number of nitrogens with zero attached hydrogens (tertiary/aromatic N) is 4. The fourth-order valence-corrected chi connectivity index (χ4v) is 3.74. The lowest BCUT2D eigenvalue weighted by Gasteiger charge is -2.23. The van der Waals surface area contributed by atoms with Gasteiger partial charge in [-0.2, -0.15) is 0 Å². The van der Waals surface area contributed by atoms with E-state index in [9.17, 15) is 18.0 Å². The first-order valence-corrected chi connectivity index (χ1v) is 10.3. The number of ether oxygens (including phenoxy) is 1. The highest BCUT2D eigenvalue weighted by atomic mass is 32.2. The summed E-state index contributed by atoms with van der Waals surface area (Å²) in [6.07, 6.45) is 3.59. The lowest BCUT2D eigenvalue weighted by molar-refractivity contribution is -0.146. The van der Waals surface area contributed by atoms with E-state index in [0.29, 0.717) is 23.6 Å². The Balaban J connectivity index is 1.62. The molecule has 154 valence electrons. The normalized spacial score (nSPS) is 15.7. The molecule has 2 aromatic rings. The Kier molecular flexibility index (Phi) is 5.80. The van der Waals surface area contributed by atoms with E-state index in [1.807, 2.05) is 6.92 Å². The summed E-state index contributed by atoms with van der Waals surface area (Å²) in [5.74, 6) is -0.625. The maximum absolute atomic E-state index is 12.6. The third-order valence-corrected chi connectivity index (χ3v) is 5.39. The molecule has 0 saturated carbocycles. The van der Waals surface area contributed by atoms with Crippen molar-refractivity contribution in [3.8, 4) is 0 Å². The summed E-state index contributed by atoms with van der Waals surface area (Å²) in [6.45, 7) is 1.29. The number of sulfonamides is 1. The second-order valence-electron chi connectivity index (χ2n) is 6.72. The molecule has 1 aliphatic heterocycles. The van der Waals surface area contributed by atoms with E-state index in [1.54, 1.807) is 31.6 Å². The molecule has 0 saturated heterocycles. The van der Waals surface area contributed by atoms with Crippen molar-refractivity contribution < 1.29 is 22.7 Å². The largest absolute Gasteiger partial charge is 0.454 e. The van der Waals surface area contributed by atoms with E-state index in [0.717, 1.165) is 0 Å². The van der Waals surface area contributed by atoms with Gasteiger partial charge in [0.25, 0.3) is 5.91 Å². The highest BCUT2D eigenvalue weighted by molar-refractivity contribution is 7.89. The molecule has 1 aliphatic rings. The predicted molar refractivity (Wildman–Crippen MR) is 105 cm³/mol. The summed E-state index contributed by atoms with van der Waals surface area (Å²) in [4.78, 5) is 35.7. The number of amides is 1. The second-order valence-corrected chi connectivity index (χ2v) is 8.28. The molecule has 0 spiro atoms. The first kappa shape index (κ1) is 20.7. The quantitative estimate of drug-likeness (QED) is 0.650. The van der Waals surface area contributed by atoms with Crippen LogP contribution in [0.25, 0.3) is 0 Å². The number of benzene rings is 1. The summed E-state index contributed by atoms with van der Waals surface area (Å²) >= 11 is 0. The number of anilines is 2. The number of esters is 1. The summed E-state index contributed by atoms with van der Waals surface area (Å²) in [5.41, 5.74) is 1.28. The molecule has 0 fully saturated rings. The van der Waals surface area contributed by atoms with Gasteiger partial charge >= 0.3 is 5.97 Å². The van der Waals surface area contributed by atoms with Gasteiger partial charge < -0.3 is 14.5 Å². The van der Waals surface area contributed by atoms with Crippen molar-refractivity contribution in [2.24, 2.45) is 5.14 Å². The molecule has 11 heteroatoms. The molecule has 0 bridgehead atoms. The number of aromatic nitrogens is 2. The molecule has 1 atom stereocenters. The number of rotatable bonds is 6. The van der Waals surface area contributed by atoms with E-state index in [-0.39, 0.29) is 17.5 Å². The van der Waals surface area contributed by atoms with E-state index < -0.39 is 28.5 Å². The summed E-state index contributed by atoms with van der Waals surface area (Å²) in [7, 11) is -2.18. The predicted octanol–water partition coefficient (Wildman–Crippen LogP) is 0.0812. The van der Waals surface area contributed by atoms with Crippen molar-refractivity contribution in [1.82, 2.24) is 9.97 Å². The van der Waals surface area contributed by atoms with Crippen molar-refractivity contribution in [2.75, 3.05) is 30.0 Å². The van der Waals surface area contributed by atoms with Gasteiger partial charge in [0, 0.05) is 31.2 Å². The molecule has 1 aromatic heterocycles. The molecule has 1 unspecified atom stereocenters. The van der Waals surface area contributed by atoms with Gasteiger partial charge in [0.1, 0.15) is 6.54 Å². The molecule has 0 aliphatic carbocycles. The number of fused-ring (bicyclic) bond motifs is 1. The lowest BCUT2D eigenvalue weighted by atomic mass is 10.1. The number of hydrogen-bond donors (Lipinski definition) is 1. The Morgan fingerprint density at radius 1 is 1.31 bits per heavy atom. The molecule has 29 heavy (non-hydrogen) atoms.